The van der Waals surface area contributed by atoms with Gasteiger partial charge in [-0.05, 0) is 59.6 Å². The number of hydrogen-bond donors (Lipinski definition) is 0. The summed E-state index contributed by atoms with van der Waals surface area (Å²) in [7, 11) is -0.940. The summed E-state index contributed by atoms with van der Waals surface area (Å²) in [6, 6.07) is 9.59. The largest absolute Gasteiger partial charge is 0.454 e. The molecular weight excluding hydrogens is 434 g/mol. The summed E-state index contributed by atoms with van der Waals surface area (Å²) in [5.74, 6) is -1.08. The monoisotopic (exact) mass is 453 g/mol. The van der Waals surface area contributed by atoms with Crippen molar-refractivity contribution in [3.05, 3.63) is 63.1 Å². The first-order valence-electron chi connectivity index (χ1n) is 8.03. The summed E-state index contributed by atoms with van der Waals surface area (Å²) in [5, 5.41) is 0. The van der Waals surface area contributed by atoms with Crippen LogP contribution in [-0.2, 0) is 14.8 Å². The van der Waals surface area contributed by atoms with Crippen LogP contribution < -0.4 is 0 Å². The molecule has 0 aromatic heterocycles. The molecule has 144 valence electrons. The Kier molecular flexibility index (Phi) is 6.56. The highest BCUT2D eigenvalue weighted by molar-refractivity contribution is 9.10. The van der Waals surface area contributed by atoms with E-state index >= 15 is 0 Å². The lowest BCUT2D eigenvalue weighted by Crippen LogP contribution is -2.23. The highest BCUT2D eigenvalue weighted by atomic mass is 79.9. The third-order valence-electron chi connectivity index (χ3n) is 3.95. The SMILES string of the molecule is Cc1ccc(C)c(C(=O)COC(=O)c2ccc(Br)c(S(=O)(=O)N(C)C)c2)c1. The zero-order chi connectivity index (χ0) is 20.4. The van der Waals surface area contributed by atoms with Crippen LogP contribution in [0.15, 0.2) is 45.8 Å². The molecule has 0 bridgehead atoms. The van der Waals surface area contributed by atoms with Gasteiger partial charge in [0.1, 0.15) is 0 Å². The standard InChI is InChI=1S/C19H20BrNO5S/c1-12-5-6-13(2)15(9-12)17(22)11-26-19(23)14-7-8-16(20)18(10-14)27(24,25)21(3)4/h5-10H,11H2,1-4H3. The summed E-state index contributed by atoms with van der Waals surface area (Å²) in [4.78, 5) is 24.6. The number of Topliss-reactive ketones (excluding diaryl/α,β-unsaturated/α-hetero) is 1. The van der Waals surface area contributed by atoms with E-state index in [9.17, 15) is 18.0 Å². The summed E-state index contributed by atoms with van der Waals surface area (Å²) >= 11 is 3.18. The van der Waals surface area contributed by atoms with E-state index in [2.05, 4.69) is 15.9 Å². The Hall–Kier alpha value is -2.03. The van der Waals surface area contributed by atoms with Crippen LogP contribution in [0.25, 0.3) is 0 Å². The van der Waals surface area contributed by atoms with Gasteiger partial charge in [0.2, 0.25) is 15.8 Å². The van der Waals surface area contributed by atoms with Crippen molar-refractivity contribution in [2.24, 2.45) is 0 Å². The minimum Gasteiger partial charge on any atom is -0.454 e. The summed E-state index contributed by atoms with van der Waals surface area (Å²) in [6.07, 6.45) is 0. The van der Waals surface area contributed by atoms with Crippen LogP contribution in [0.4, 0.5) is 0 Å². The number of benzene rings is 2. The van der Waals surface area contributed by atoms with Crippen LogP contribution in [-0.4, -0.2) is 45.2 Å². The third-order valence-corrected chi connectivity index (χ3v) is 6.76. The van der Waals surface area contributed by atoms with Crippen LogP contribution in [0.5, 0.6) is 0 Å². The fraction of sp³-hybridized carbons (Fsp3) is 0.263. The van der Waals surface area contributed by atoms with Crippen molar-refractivity contribution < 1.29 is 22.7 Å². The second kappa shape index (κ2) is 8.33. The van der Waals surface area contributed by atoms with E-state index in [4.69, 9.17) is 4.74 Å². The number of hydrogen-bond acceptors (Lipinski definition) is 5. The molecule has 0 aliphatic rings. The van der Waals surface area contributed by atoms with Crippen LogP contribution >= 0.6 is 15.9 Å². The van der Waals surface area contributed by atoms with Gasteiger partial charge >= 0.3 is 5.97 Å². The van der Waals surface area contributed by atoms with Gasteiger partial charge in [-0.2, -0.15) is 0 Å². The number of carbonyl (C=O) groups excluding carboxylic acids is 2. The van der Waals surface area contributed by atoms with Crippen molar-refractivity contribution in [1.29, 1.82) is 0 Å². The molecule has 2 aromatic carbocycles. The number of sulfonamides is 1. The normalized spacial score (nSPS) is 11.5. The molecule has 0 atom stereocenters. The van der Waals surface area contributed by atoms with Gasteiger partial charge in [0.15, 0.2) is 6.61 Å². The van der Waals surface area contributed by atoms with Crippen LogP contribution in [0, 0.1) is 13.8 Å². The Labute approximate surface area is 167 Å². The molecule has 2 aromatic rings. The predicted molar refractivity (Wildman–Crippen MR) is 106 cm³/mol. The average molecular weight is 454 g/mol. The van der Waals surface area contributed by atoms with Gasteiger partial charge in [-0.25, -0.2) is 17.5 Å². The number of aryl methyl sites for hydroxylation is 2. The zero-order valence-corrected chi connectivity index (χ0v) is 17.8. The molecule has 0 radical (unpaired) electrons. The number of ether oxygens (including phenoxy) is 1. The number of carbonyl (C=O) groups is 2. The van der Waals surface area contributed by atoms with Crippen LogP contribution in [0.3, 0.4) is 0 Å². The second-order valence-electron chi connectivity index (χ2n) is 6.25. The Morgan fingerprint density at radius 2 is 1.74 bits per heavy atom. The minimum absolute atomic E-state index is 0.0485. The molecule has 0 heterocycles. The maximum Gasteiger partial charge on any atom is 0.338 e. The van der Waals surface area contributed by atoms with Gasteiger partial charge in [-0.15, -0.1) is 0 Å². The average Bonchev–Trinajstić information content (AvgIpc) is 2.61. The van der Waals surface area contributed by atoms with Crippen LogP contribution in [0.2, 0.25) is 0 Å². The Morgan fingerprint density at radius 1 is 1.07 bits per heavy atom. The van der Waals surface area contributed by atoms with E-state index in [-0.39, 0.29) is 16.2 Å². The van der Waals surface area contributed by atoms with E-state index in [0.717, 1.165) is 15.4 Å². The lowest BCUT2D eigenvalue weighted by molar-refractivity contribution is 0.0474. The highest BCUT2D eigenvalue weighted by Gasteiger charge is 2.23. The van der Waals surface area contributed by atoms with Crippen molar-refractivity contribution in [2.75, 3.05) is 20.7 Å². The zero-order valence-electron chi connectivity index (χ0n) is 15.4. The molecule has 27 heavy (non-hydrogen) atoms. The highest BCUT2D eigenvalue weighted by Crippen LogP contribution is 2.25. The number of esters is 1. The molecule has 0 saturated heterocycles. The topological polar surface area (TPSA) is 80.8 Å². The smallest absolute Gasteiger partial charge is 0.338 e. The van der Waals surface area contributed by atoms with Gasteiger partial charge < -0.3 is 4.74 Å². The first-order chi connectivity index (χ1) is 12.5. The van der Waals surface area contributed by atoms with Gasteiger partial charge in [-0.3, -0.25) is 4.79 Å². The van der Waals surface area contributed by atoms with Gasteiger partial charge in [0.25, 0.3) is 0 Å². The van der Waals surface area contributed by atoms with Crippen molar-refractivity contribution >= 4 is 37.7 Å². The van der Waals surface area contributed by atoms with E-state index in [0.29, 0.717) is 10.0 Å². The summed E-state index contributed by atoms with van der Waals surface area (Å²) < 4.78 is 31.2. The van der Waals surface area contributed by atoms with Crippen molar-refractivity contribution in [2.45, 2.75) is 18.7 Å². The Balaban J connectivity index is 2.19. The molecule has 0 fully saturated rings. The lowest BCUT2D eigenvalue weighted by atomic mass is 10.0. The quantitative estimate of drug-likeness (QED) is 0.494. The van der Waals surface area contributed by atoms with E-state index in [1.807, 2.05) is 26.0 Å². The summed E-state index contributed by atoms with van der Waals surface area (Å²) in [6.45, 7) is 3.26. The molecule has 0 N–H and O–H groups in total. The molecule has 0 aliphatic carbocycles. The Bertz CT molecular complexity index is 999. The van der Waals surface area contributed by atoms with Crippen molar-refractivity contribution in [3.8, 4) is 0 Å². The van der Waals surface area contributed by atoms with Gasteiger partial charge in [0.05, 0.1) is 10.5 Å². The number of nitrogens with zero attached hydrogens (tertiary/aromatic N) is 1. The van der Waals surface area contributed by atoms with E-state index in [1.165, 1.54) is 32.3 Å². The predicted octanol–water partition coefficient (Wildman–Crippen LogP) is 3.36. The lowest BCUT2D eigenvalue weighted by Gasteiger charge is -2.14. The third kappa shape index (κ3) is 4.82. The fourth-order valence-corrected chi connectivity index (χ4v) is 4.20. The molecule has 8 heteroatoms. The molecular formula is C19H20BrNO5S. The molecule has 0 aliphatic heterocycles. The first kappa shape index (κ1) is 21.3. The number of halogens is 1. The minimum atomic E-state index is -3.74. The second-order valence-corrected chi connectivity index (χ2v) is 9.22. The maximum atomic E-state index is 12.3. The molecule has 6 nitrogen and oxygen atoms in total. The fourth-order valence-electron chi connectivity index (χ4n) is 2.35. The summed E-state index contributed by atoms with van der Waals surface area (Å²) in [5.41, 5.74) is 2.27. The maximum absolute atomic E-state index is 12.3. The molecule has 0 saturated carbocycles. The van der Waals surface area contributed by atoms with Crippen molar-refractivity contribution in [3.63, 3.8) is 0 Å². The molecule has 0 amide bonds. The van der Waals surface area contributed by atoms with Crippen molar-refractivity contribution in [1.82, 2.24) is 4.31 Å². The molecule has 2 rings (SSSR count). The Morgan fingerprint density at radius 3 is 2.37 bits per heavy atom. The first-order valence-corrected chi connectivity index (χ1v) is 10.3. The number of ketones is 1. The van der Waals surface area contributed by atoms with E-state index in [1.54, 1.807) is 6.07 Å². The molecule has 0 unspecified atom stereocenters. The van der Waals surface area contributed by atoms with Gasteiger partial charge in [0, 0.05) is 24.1 Å². The number of rotatable bonds is 6. The molecule has 0 spiro atoms. The van der Waals surface area contributed by atoms with E-state index < -0.39 is 22.6 Å². The van der Waals surface area contributed by atoms with Crippen LogP contribution in [0.1, 0.15) is 31.8 Å². The van der Waals surface area contributed by atoms with Gasteiger partial charge in [-0.1, -0.05) is 17.7 Å².